The van der Waals surface area contributed by atoms with Gasteiger partial charge in [0.2, 0.25) is 5.91 Å². The van der Waals surface area contributed by atoms with E-state index in [1.807, 2.05) is 12.1 Å². The normalized spacial score (nSPS) is 10.6. The summed E-state index contributed by atoms with van der Waals surface area (Å²) in [5.74, 6) is 0.377. The number of carbonyl (C=O) groups excluding carboxylic acids is 1. The number of nitrogens with zero attached hydrogens (tertiary/aromatic N) is 1. The number of benzene rings is 2. The van der Waals surface area contributed by atoms with Gasteiger partial charge in [0.15, 0.2) is 0 Å². The summed E-state index contributed by atoms with van der Waals surface area (Å²) < 4.78 is 6.52. The number of hydrogen-bond acceptors (Lipinski definition) is 3. The van der Waals surface area contributed by atoms with Crippen molar-refractivity contribution in [2.75, 3.05) is 12.4 Å². The Morgan fingerprint density at radius 2 is 2.05 bits per heavy atom. The number of hydrogen-bond donors (Lipinski definition) is 2. The highest BCUT2D eigenvalue weighted by molar-refractivity contribution is 5.91. The molecule has 6 nitrogen and oxygen atoms in total. The molecule has 0 radical (unpaired) electrons. The first-order chi connectivity index (χ1) is 10.7. The quantitative estimate of drug-likeness (QED) is 0.773. The van der Waals surface area contributed by atoms with E-state index < -0.39 is 0 Å². The summed E-state index contributed by atoms with van der Waals surface area (Å²) in [6, 6.07) is 14.3. The van der Waals surface area contributed by atoms with Gasteiger partial charge < -0.3 is 15.0 Å². The first-order valence-electron chi connectivity index (χ1n) is 6.79. The summed E-state index contributed by atoms with van der Waals surface area (Å²) in [5, 5.41) is 2.75. The largest absolute Gasteiger partial charge is 0.497 e. The predicted molar refractivity (Wildman–Crippen MR) is 84.2 cm³/mol. The topological polar surface area (TPSA) is 76.1 Å². The van der Waals surface area contributed by atoms with E-state index in [1.165, 1.54) is 4.57 Å². The summed E-state index contributed by atoms with van der Waals surface area (Å²) in [4.78, 5) is 26.8. The standard InChI is InChI=1S/C16H15N3O3/c1-22-12-6-4-5-11(9-12)17-15(20)10-19-14-8-3-2-7-13(14)18-16(19)21/h2-9H,10H2,1H3,(H,17,20)(H,18,21). The molecule has 0 fully saturated rings. The highest BCUT2D eigenvalue weighted by Gasteiger charge is 2.10. The van der Waals surface area contributed by atoms with E-state index in [-0.39, 0.29) is 18.1 Å². The number of amides is 1. The molecule has 1 aromatic heterocycles. The Morgan fingerprint density at radius 1 is 1.23 bits per heavy atom. The van der Waals surface area contributed by atoms with E-state index in [9.17, 15) is 9.59 Å². The first kappa shape index (κ1) is 13.9. The van der Waals surface area contributed by atoms with E-state index in [1.54, 1.807) is 43.5 Å². The molecule has 0 spiro atoms. The minimum Gasteiger partial charge on any atom is -0.497 e. The average molecular weight is 297 g/mol. The van der Waals surface area contributed by atoms with Crippen LogP contribution >= 0.6 is 0 Å². The molecule has 2 N–H and O–H groups in total. The predicted octanol–water partition coefficient (Wildman–Crippen LogP) is 1.98. The fourth-order valence-corrected chi connectivity index (χ4v) is 2.31. The Labute approximate surface area is 126 Å². The van der Waals surface area contributed by atoms with Gasteiger partial charge >= 0.3 is 5.69 Å². The highest BCUT2D eigenvalue weighted by atomic mass is 16.5. The van der Waals surface area contributed by atoms with Crippen LogP contribution in [-0.4, -0.2) is 22.6 Å². The number of nitrogens with one attached hydrogen (secondary N) is 2. The third-order valence-electron chi connectivity index (χ3n) is 3.34. The number of methoxy groups -OCH3 is 1. The Morgan fingerprint density at radius 3 is 2.86 bits per heavy atom. The van der Waals surface area contributed by atoms with Gasteiger partial charge in [-0.3, -0.25) is 9.36 Å². The zero-order valence-corrected chi connectivity index (χ0v) is 12.0. The molecule has 0 saturated heterocycles. The van der Waals surface area contributed by atoms with Gasteiger partial charge in [-0.15, -0.1) is 0 Å². The lowest BCUT2D eigenvalue weighted by molar-refractivity contribution is -0.116. The molecule has 1 amide bonds. The van der Waals surface area contributed by atoms with Crippen molar-refractivity contribution >= 4 is 22.6 Å². The van der Waals surface area contributed by atoms with Crippen LogP contribution in [0.3, 0.4) is 0 Å². The molecule has 0 unspecified atom stereocenters. The number of aromatic nitrogens is 2. The maximum absolute atomic E-state index is 12.1. The van der Waals surface area contributed by atoms with Crippen LogP contribution in [0.15, 0.2) is 53.3 Å². The van der Waals surface area contributed by atoms with Gasteiger partial charge in [-0.2, -0.15) is 0 Å². The zero-order valence-electron chi connectivity index (χ0n) is 12.0. The molecule has 2 aromatic carbocycles. The van der Waals surface area contributed by atoms with E-state index >= 15 is 0 Å². The second-order valence-electron chi connectivity index (χ2n) is 4.81. The highest BCUT2D eigenvalue weighted by Crippen LogP contribution is 2.17. The molecule has 112 valence electrons. The number of carbonyl (C=O) groups is 1. The van der Waals surface area contributed by atoms with Crippen LogP contribution < -0.4 is 15.7 Å². The maximum atomic E-state index is 12.1. The van der Waals surface area contributed by atoms with Crippen molar-refractivity contribution in [1.82, 2.24) is 9.55 Å². The van der Waals surface area contributed by atoms with Crippen molar-refractivity contribution in [2.24, 2.45) is 0 Å². The van der Waals surface area contributed by atoms with Crippen LogP contribution in [-0.2, 0) is 11.3 Å². The average Bonchev–Trinajstić information content (AvgIpc) is 2.83. The molecule has 0 bridgehead atoms. The van der Waals surface area contributed by atoms with Crippen molar-refractivity contribution in [3.8, 4) is 5.75 Å². The molecule has 0 aliphatic carbocycles. The van der Waals surface area contributed by atoms with Crippen LogP contribution in [0.1, 0.15) is 0 Å². The van der Waals surface area contributed by atoms with Gasteiger partial charge in [0, 0.05) is 11.8 Å². The van der Waals surface area contributed by atoms with Crippen LogP contribution in [0.25, 0.3) is 11.0 Å². The summed E-state index contributed by atoms with van der Waals surface area (Å²) in [6.07, 6.45) is 0. The van der Waals surface area contributed by atoms with Crippen LogP contribution in [0.5, 0.6) is 5.75 Å². The summed E-state index contributed by atoms with van der Waals surface area (Å²) in [7, 11) is 1.56. The molecule has 1 heterocycles. The Kier molecular flexibility index (Phi) is 3.65. The van der Waals surface area contributed by atoms with Crippen molar-refractivity contribution in [3.05, 3.63) is 59.0 Å². The molecule has 0 atom stereocenters. The van der Waals surface area contributed by atoms with Crippen molar-refractivity contribution in [2.45, 2.75) is 6.54 Å². The lowest BCUT2D eigenvalue weighted by Crippen LogP contribution is -2.25. The Hall–Kier alpha value is -3.02. The fourth-order valence-electron chi connectivity index (χ4n) is 2.31. The molecular formula is C16H15N3O3. The number of aromatic amines is 1. The number of H-pyrrole nitrogens is 1. The van der Waals surface area contributed by atoms with Gasteiger partial charge in [0.1, 0.15) is 12.3 Å². The number of imidazole rings is 1. The fraction of sp³-hybridized carbons (Fsp3) is 0.125. The molecule has 0 aliphatic heterocycles. The molecular weight excluding hydrogens is 282 g/mol. The van der Waals surface area contributed by atoms with Gasteiger partial charge in [-0.05, 0) is 24.3 Å². The number of ether oxygens (including phenoxy) is 1. The summed E-state index contributed by atoms with van der Waals surface area (Å²) in [5.41, 5.74) is 1.73. The summed E-state index contributed by atoms with van der Waals surface area (Å²) >= 11 is 0. The van der Waals surface area contributed by atoms with Crippen LogP contribution in [0, 0.1) is 0 Å². The van der Waals surface area contributed by atoms with E-state index in [0.29, 0.717) is 22.5 Å². The molecule has 3 rings (SSSR count). The molecule has 0 aliphatic rings. The molecule has 3 aromatic rings. The second-order valence-corrected chi connectivity index (χ2v) is 4.81. The minimum absolute atomic E-state index is 0.0555. The van der Waals surface area contributed by atoms with Gasteiger partial charge in [0.25, 0.3) is 0 Å². The smallest absolute Gasteiger partial charge is 0.326 e. The van der Waals surface area contributed by atoms with Crippen molar-refractivity contribution in [3.63, 3.8) is 0 Å². The third-order valence-corrected chi connectivity index (χ3v) is 3.34. The summed E-state index contributed by atoms with van der Waals surface area (Å²) in [6.45, 7) is -0.0555. The maximum Gasteiger partial charge on any atom is 0.326 e. The van der Waals surface area contributed by atoms with E-state index in [0.717, 1.165) is 0 Å². The monoisotopic (exact) mass is 297 g/mol. The Balaban J connectivity index is 1.81. The molecule has 6 heteroatoms. The third kappa shape index (κ3) is 2.71. The second kappa shape index (κ2) is 5.77. The molecule has 22 heavy (non-hydrogen) atoms. The van der Waals surface area contributed by atoms with Crippen molar-refractivity contribution < 1.29 is 9.53 Å². The number of para-hydroxylation sites is 2. The lowest BCUT2D eigenvalue weighted by Gasteiger charge is -2.07. The number of fused-ring (bicyclic) bond motifs is 1. The van der Waals surface area contributed by atoms with Crippen molar-refractivity contribution in [1.29, 1.82) is 0 Å². The van der Waals surface area contributed by atoms with Gasteiger partial charge in [-0.1, -0.05) is 18.2 Å². The van der Waals surface area contributed by atoms with Crippen LogP contribution in [0.4, 0.5) is 5.69 Å². The molecule has 0 saturated carbocycles. The van der Waals surface area contributed by atoms with Crippen LogP contribution in [0.2, 0.25) is 0 Å². The van der Waals surface area contributed by atoms with E-state index in [2.05, 4.69) is 10.3 Å². The van der Waals surface area contributed by atoms with Gasteiger partial charge in [-0.25, -0.2) is 4.79 Å². The Bertz CT molecular complexity index is 879. The number of rotatable bonds is 4. The van der Waals surface area contributed by atoms with Gasteiger partial charge in [0.05, 0.1) is 18.1 Å². The lowest BCUT2D eigenvalue weighted by atomic mass is 10.3. The SMILES string of the molecule is COc1cccc(NC(=O)Cn2c(=O)[nH]c3ccccc32)c1. The number of anilines is 1. The minimum atomic E-state index is -0.304. The van der Waals surface area contributed by atoms with E-state index in [4.69, 9.17) is 4.74 Å². The zero-order chi connectivity index (χ0) is 15.5. The first-order valence-corrected chi connectivity index (χ1v) is 6.79.